The highest BCUT2D eigenvalue weighted by molar-refractivity contribution is 6.02. The molecule has 0 aromatic heterocycles. The first-order chi connectivity index (χ1) is 16.7. The van der Waals surface area contributed by atoms with E-state index >= 15 is 0 Å². The molecule has 8 unspecified atom stereocenters. The van der Waals surface area contributed by atoms with Crippen molar-refractivity contribution >= 4 is 17.5 Å². The summed E-state index contributed by atoms with van der Waals surface area (Å²) in [5, 5.41) is 9.73. The van der Waals surface area contributed by atoms with Gasteiger partial charge in [0.15, 0.2) is 11.6 Å². The Balaban J connectivity index is 1.64. The van der Waals surface area contributed by atoms with E-state index in [1.807, 2.05) is 33.2 Å². The van der Waals surface area contributed by atoms with Crippen LogP contribution < -0.4 is 0 Å². The minimum atomic E-state index is -0.466. The largest absolute Gasteiger partial charge is 0.348 e. The molecular formula is C31H42N2O3. The van der Waals surface area contributed by atoms with Gasteiger partial charge in [-0.15, -0.1) is 0 Å². The maximum atomic E-state index is 14.2. The van der Waals surface area contributed by atoms with Crippen LogP contribution in [-0.2, 0) is 14.4 Å². The molecule has 5 heteroatoms. The fourth-order valence-corrected chi connectivity index (χ4v) is 9.71. The lowest BCUT2D eigenvalue weighted by Crippen LogP contribution is -2.62. The van der Waals surface area contributed by atoms with Gasteiger partial charge in [-0.1, -0.05) is 46.3 Å². The number of amides is 1. The van der Waals surface area contributed by atoms with Crippen LogP contribution in [0, 0.1) is 62.6 Å². The molecule has 3 fully saturated rings. The third-order valence-corrected chi connectivity index (χ3v) is 11.6. The van der Waals surface area contributed by atoms with Crippen molar-refractivity contribution in [1.29, 1.82) is 5.26 Å². The lowest BCUT2D eigenvalue weighted by Gasteiger charge is -2.64. The Morgan fingerprint density at radius 2 is 1.67 bits per heavy atom. The van der Waals surface area contributed by atoms with Crippen molar-refractivity contribution in [2.24, 2.45) is 51.2 Å². The van der Waals surface area contributed by atoms with E-state index in [0.717, 1.165) is 50.5 Å². The molecule has 0 saturated heterocycles. The average molecular weight is 491 g/mol. The summed E-state index contributed by atoms with van der Waals surface area (Å²) in [6.07, 6.45) is 10.2. The highest BCUT2D eigenvalue weighted by atomic mass is 16.2. The quantitative estimate of drug-likeness (QED) is 0.485. The number of hydrogen-bond donors (Lipinski definition) is 0. The molecule has 0 aliphatic heterocycles. The Morgan fingerprint density at radius 1 is 1.00 bits per heavy atom. The van der Waals surface area contributed by atoms with Gasteiger partial charge in [0.1, 0.15) is 6.07 Å². The van der Waals surface area contributed by atoms with Gasteiger partial charge in [-0.05, 0) is 79.6 Å². The van der Waals surface area contributed by atoms with Gasteiger partial charge in [0.2, 0.25) is 5.91 Å². The number of hydrogen-bond acceptors (Lipinski definition) is 4. The van der Waals surface area contributed by atoms with Crippen molar-refractivity contribution in [3.63, 3.8) is 0 Å². The molecule has 36 heavy (non-hydrogen) atoms. The third-order valence-electron chi connectivity index (χ3n) is 11.6. The molecule has 0 aromatic carbocycles. The molecule has 3 saturated carbocycles. The van der Waals surface area contributed by atoms with E-state index in [1.165, 1.54) is 0 Å². The van der Waals surface area contributed by atoms with Crippen molar-refractivity contribution in [3.8, 4) is 6.07 Å². The summed E-state index contributed by atoms with van der Waals surface area (Å²) in [6.45, 7) is 11.0. The molecule has 5 rings (SSSR count). The van der Waals surface area contributed by atoms with Crippen LogP contribution in [0.15, 0.2) is 23.3 Å². The van der Waals surface area contributed by atoms with E-state index in [9.17, 15) is 19.6 Å². The lowest BCUT2D eigenvalue weighted by atomic mass is 9.39. The number of ketones is 2. The Labute approximate surface area is 216 Å². The van der Waals surface area contributed by atoms with Crippen molar-refractivity contribution in [2.45, 2.75) is 79.6 Å². The molecule has 0 radical (unpaired) electrons. The fourth-order valence-electron chi connectivity index (χ4n) is 9.71. The normalized spacial score (nSPS) is 45.1. The first-order valence-electron chi connectivity index (χ1n) is 13.9. The molecule has 5 aliphatic carbocycles. The van der Waals surface area contributed by atoms with Gasteiger partial charge in [0.25, 0.3) is 0 Å². The molecule has 8 atom stereocenters. The summed E-state index contributed by atoms with van der Waals surface area (Å²) in [5.74, 6) is 0.309. The molecule has 194 valence electrons. The van der Waals surface area contributed by atoms with Crippen molar-refractivity contribution in [1.82, 2.24) is 4.90 Å². The molecule has 1 amide bonds. The van der Waals surface area contributed by atoms with Crippen LogP contribution >= 0.6 is 0 Å². The first-order valence-corrected chi connectivity index (χ1v) is 13.9. The first kappa shape index (κ1) is 25.4. The summed E-state index contributed by atoms with van der Waals surface area (Å²) < 4.78 is 0. The highest BCUT2D eigenvalue weighted by Crippen LogP contribution is 2.69. The zero-order chi connectivity index (χ0) is 26.4. The number of allylic oxidation sites excluding steroid dienone is 4. The molecule has 0 N–H and O–H groups in total. The fraction of sp³-hybridized carbons (Fsp3) is 0.742. The summed E-state index contributed by atoms with van der Waals surface area (Å²) >= 11 is 0. The number of carbonyl (C=O) groups is 3. The van der Waals surface area contributed by atoms with Crippen LogP contribution in [0.3, 0.4) is 0 Å². The zero-order valence-corrected chi connectivity index (χ0v) is 23.1. The maximum Gasteiger partial charge on any atom is 0.228 e. The molecule has 5 aliphatic rings. The van der Waals surface area contributed by atoms with Gasteiger partial charge in [-0.25, -0.2) is 0 Å². The second-order valence-corrected chi connectivity index (χ2v) is 14.1. The molecule has 5 nitrogen and oxygen atoms in total. The molecule has 0 heterocycles. The van der Waals surface area contributed by atoms with Crippen LogP contribution in [0.5, 0.6) is 0 Å². The van der Waals surface area contributed by atoms with Gasteiger partial charge >= 0.3 is 0 Å². The lowest BCUT2D eigenvalue weighted by molar-refractivity contribution is -0.167. The second-order valence-electron chi connectivity index (χ2n) is 14.1. The number of Topliss-reactive ketones (excluding diaryl/α,β-unsaturated/α-hetero) is 1. The van der Waals surface area contributed by atoms with E-state index < -0.39 is 10.8 Å². The van der Waals surface area contributed by atoms with Gasteiger partial charge in [0.05, 0.1) is 11.0 Å². The smallest absolute Gasteiger partial charge is 0.228 e. The van der Waals surface area contributed by atoms with Crippen LogP contribution in [-0.4, -0.2) is 36.5 Å². The Kier molecular flexibility index (Phi) is 5.57. The van der Waals surface area contributed by atoms with Crippen LogP contribution in [0.2, 0.25) is 0 Å². The van der Waals surface area contributed by atoms with E-state index in [4.69, 9.17) is 0 Å². The van der Waals surface area contributed by atoms with Gasteiger partial charge in [-0.3, -0.25) is 14.4 Å². The highest BCUT2D eigenvalue weighted by Gasteiger charge is 2.66. The van der Waals surface area contributed by atoms with Gasteiger partial charge in [0, 0.05) is 31.3 Å². The average Bonchev–Trinajstić information content (AvgIpc) is 2.81. The molecule has 0 aromatic rings. The summed E-state index contributed by atoms with van der Waals surface area (Å²) in [6, 6.07) is 2.15. The second kappa shape index (κ2) is 7.89. The summed E-state index contributed by atoms with van der Waals surface area (Å²) in [7, 11) is 3.71. The Bertz CT molecular complexity index is 1140. The van der Waals surface area contributed by atoms with Crippen LogP contribution in [0.4, 0.5) is 0 Å². The van der Waals surface area contributed by atoms with E-state index in [0.29, 0.717) is 0 Å². The number of fused-ring (bicyclic) bond motifs is 7. The minimum Gasteiger partial charge on any atom is -0.348 e. The third kappa shape index (κ3) is 3.21. The molecule has 0 bridgehead atoms. The molecular weight excluding hydrogens is 448 g/mol. The number of nitrogens with zero attached hydrogens (tertiary/aromatic N) is 2. The Morgan fingerprint density at radius 3 is 2.31 bits per heavy atom. The number of nitriles is 1. The van der Waals surface area contributed by atoms with Gasteiger partial charge in [-0.2, -0.15) is 5.26 Å². The number of carbonyl (C=O) groups excluding carboxylic acids is 3. The maximum absolute atomic E-state index is 14.2. The SMILES string of the molecule is CC1C(=O)C(C#N)=CC2(C)C3=CC(=O)C4C(CCC5(C(=O)N(C)C)CCC(C)(C)CC45)C3(C)CCC12. The van der Waals surface area contributed by atoms with Crippen molar-refractivity contribution in [3.05, 3.63) is 23.3 Å². The number of rotatable bonds is 1. The Hall–Kier alpha value is -2.22. The summed E-state index contributed by atoms with van der Waals surface area (Å²) in [4.78, 5) is 42.5. The molecule has 0 spiro atoms. The van der Waals surface area contributed by atoms with Gasteiger partial charge < -0.3 is 4.90 Å². The zero-order valence-electron chi connectivity index (χ0n) is 23.1. The van der Waals surface area contributed by atoms with Crippen molar-refractivity contribution in [2.75, 3.05) is 14.1 Å². The summed E-state index contributed by atoms with van der Waals surface area (Å²) in [5.41, 5.74) is 0.404. The van der Waals surface area contributed by atoms with Crippen LogP contribution in [0.1, 0.15) is 79.6 Å². The predicted molar refractivity (Wildman–Crippen MR) is 138 cm³/mol. The monoisotopic (exact) mass is 490 g/mol. The predicted octanol–water partition coefficient (Wildman–Crippen LogP) is 5.51. The minimum absolute atomic E-state index is 0.0552. The standard InChI is InChI=1S/C31H42N2O3/c1-18-20-8-10-29(4)21-9-11-31(27(36)33(6)7)13-12-28(2,3)16-22(31)25(21)23(34)14-24(29)30(20,5)15-19(17-32)26(18)35/h14-15,18,20-22,25H,8-13,16H2,1-7H3. The van der Waals surface area contributed by atoms with Crippen LogP contribution in [0.25, 0.3) is 0 Å². The van der Waals surface area contributed by atoms with E-state index in [1.54, 1.807) is 4.90 Å². The van der Waals surface area contributed by atoms with E-state index in [2.05, 4.69) is 33.8 Å². The van der Waals surface area contributed by atoms with E-state index in [-0.39, 0.29) is 63.5 Å². The topological polar surface area (TPSA) is 78.2 Å². The van der Waals surface area contributed by atoms with Crippen molar-refractivity contribution < 1.29 is 14.4 Å².